The van der Waals surface area contributed by atoms with Gasteiger partial charge < -0.3 is 4.90 Å². The van der Waals surface area contributed by atoms with Gasteiger partial charge in [-0.25, -0.2) is 8.78 Å². The number of hydrogen-bond acceptors (Lipinski definition) is 2. The van der Waals surface area contributed by atoms with Crippen LogP contribution in [0.4, 0.5) is 8.78 Å². The molecule has 0 aromatic rings. The molecule has 0 aromatic carbocycles. The van der Waals surface area contributed by atoms with Gasteiger partial charge in [0.25, 0.3) is 5.92 Å². The summed E-state index contributed by atoms with van der Waals surface area (Å²) < 4.78 is 24.9. The molecule has 0 spiro atoms. The van der Waals surface area contributed by atoms with Crippen LogP contribution in [-0.2, 0) is 0 Å². The number of rotatable bonds is 0. The van der Waals surface area contributed by atoms with Gasteiger partial charge in [-0.2, -0.15) is 5.26 Å². The lowest BCUT2D eigenvalue weighted by Gasteiger charge is -2.27. The van der Waals surface area contributed by atoms with Crippen molar-refractivity contribution in [3.8, 4) is 6.19 Å². The molecule has 0 N–H and O–H groups in total. The molecular formula is C6H8F2N2. The predicted molar refractivity (Wildman–Crippen MR) is 31.4 cm³/mol. The summed E-state index contributed by atoms with van der Waals surface area (Å²) in [7, 11) is 0. The number of hydrogen-bond donors (Lipinski definition) is 0. The second-order valence-corrected chi connectivity index (χ2v) is 2.48. The van der Waals surface area contributed by atoms with Gasteiger partial charge in [-0.05, 0) is 6.42 Å². The maximum atomic E-state index is 12.4. The third kappa shape index (κ3) is 1.56. The average molecular weight is 146 g/mol. The summed E-state index contributed by atoms with van der Waals surface area (Å²) in [6.07, 6.45) is 2.05. The fourth-order valence-corrected chi connectivity index (χ4v) is 1.05. The van der Waals surface area contributed by atoms with Gasteiger partial charge in [0.15, 0.2) is 6.19 Å². The molecule has 1 aliphatic heterocycles. The van der Waals surface area contributed by atoms with E-state index in [1.165, 1.54) is 0 Å². The maximum absolute atomic E-state index is 12.4. The zero-order valence-corrected chi connectivity index (χ0v) is 5.48. The Labute approximate surface area is 58.0 Å². The molecule has 1 saturated heterocycles. The van der Waals surface area contributed by atoms with E-state index in [-0.39, 0.29) is 6.42 Å². The number of nitrogens with zero attached hydrogens (tertiary/aromatic N) is 2. The van der Waals surface area contributed by atoms with E-state index in [2.05, 4.69) is 0 Å². The molecule has 0 bridgehead atoms. The molecule has 0 radical (unpaired) electrons. The topological polar surface area (TPSA) is 27.0 Å². The van der Waals surface area contributed by atoms with Crippen molar-refractivity contribution in [2.45, 2.75) is 18.8 Å². The number of piperidine rings is 1. The van der Waals surface area contributed by atoms with Crippen LogP contribution in [0, 0.1) is 11.5 Å². The van der Waals surface area contributed by atoms with E-state index in [4.69, 9.17) is 5.26 Å². The van der Waals surface area contributed by atoms with E-state index >= 15 is 0 Å². The zero-order valence-electron chi connectivity index (χ0n) is 5.48. The van der Waals surface area contributed by atoms with Crippen LogP contribution in [0.25, 0.3) is 0 Å². The van der Waals surface area contributed by atoms with E-state index < -0.39 is 12.5 Å². The Hall–Kier alpha value is -0.850. The second-order valence-electron chi connectivity index (χ2n) is 2.48. The van der Waals surface area contributed by atoms with Crippen LogP contribution >= 0.6 is 0 Å². The minimum Gasteiger partial charge on any atom is -0.305 e. The van der Waals surface area contributed by atoms with Gasteiger partial charge in [-0.1, -0.05) is 0 Å². The Balaban J connectivity index is 2.49. The van der Waals surface area contributed by atoms with Crippen molar-refractivity contribution >= 4 is 0 Å². The Morgan fingerprint density at radius 1 is 1.50 bits per heavy atom. The van der Waals surface area contributed by atoms with Crippen LogP contribution < -0.4 is 0 Å². The molecule has 1 fully saturated rings. The molecule has 0 aromatic heterocycles. The predicted octanol–water partition coefficient (Wildman–Crippen LogP) is 1.20. The first kappa shape index (κ1) is 7.26. The lowest BCUT2D eigenvalue weighted by Crippen LogP contribution is -2.39. The van der Waals surface area contributed by atoms with Crippen LogP contribution in [0.5, 0.6) is 0 Å². The fourth-order valence-electron chi connectivity index (χ4n) is 1.05. The smallest absolute Gasteiger partial charge is 0.266 e. The minimum absolute atomic E-state index is 0.0782. The van der Waals surface area contributed by atoms with Crippen molar-refractivity contribution in [2.24, 2.45) is 0 Å². The van der Waals surface area contributed by atoms with Gasteiger partial charge in [-0.3, -0.25) is 0 Å². The van der Waals surface area contributed by atoms with E-state index in [9.17, 15) is 8.78 Å². The molecule has 1 rings (SSSR count). The molecule has 10 heavy (non-hydrogen) atoms. The molecule has 1 aliphatic rings. The third-order valence-corrected chi connectivity index (χ3v) is 1.53. The van der Waals surface area contributed by atoms with Crippen LogP contribution in [0.2, 0.25) is 0 Å². The summed E-state index contributed by atoms with van der Waals surface area (Å²) in [4.78, 5) is 1.10. The summed E-state index contributed by atoms with van der Waals surface area (Å²) in [5, 5.41) is 8.27. The highest BCUT2D eigenvalue weighted by Crippen LogP contribution is 2.25. The molecule has 4 heteroatoms. The molecule has 56 valence electrons. The normalized spacial score (nSPS) is 23.9. The zero-order chi connectivity index (χ0) is 7.61. The van der Waals surface area contributed by atoms with E-state index in [0.29, 0.717) is 13.0 Å². The number of halogens is 2. The number of nitriles is 1. The van der Waals surface area contributed by atoms with Gasteiger partial charge in [0.1, 0.15) is 0 Å². The first-order chi connectivity index (χ1) is 4.64. The van der Waals surface area contributed by atoms with Crippen LogP contribution in [-0.4, -0.2) is 23.9 Å². The molecule has 1 heterocycles. The summed E-state index contributed by atoms with van der Waals surface area (Å²) >= 11 is 0. The summed E-state index contributed by atoms with van der Waals surface area (Å²) in [5.41, 5.74) is 0. The molecule has 0 atom stereocenters. The molecule has 2 nitrogen and oxygen atoms in total. The highest BCUT2D eigenvalue weighted by molar-refractivity contribution is 4.85. The fraction of sp³-hybridized carbons (Fsp3) is 0.833. The Bertz CT molecular complexity index is 162. The quantitative estimate of drug-likeness (QED) is 0.480. The van der Waals surface area contributed by atoms with Crippen molar-refractivity contribution in [1.82, 2.24) is 4.90 Å². The van der Waals surface area contributed by atoms with Gasteiger partial charge in [0.05, 0.1) is 6.54 Å². The van der Waals surface area contributed by atoms with E-state index in [0.717, 1.165) is 4.90 Å². The first-order valence-corrected chi connectivity index (χ1v) is 3.16. The van der Waals surface area contributed by atoms with Crippen molar-refractivity contribution in [1.29, 1.82) is 5.26 Å². The van der Waals surface area contributed by atoms with Crippen molar-refractivity contribution in [3.05, 3.63) is 0 Å². The SMILES string of the molecule is N#CN1CCCC(F)(F)C1. The average Bonchev–Trinajstić information content (AvgIpc) is 1.86. The largest absolute Gasteiger partial charge is 0.305 e. The van der Waals surface area contributed by atoms with E-state index in [1.807, 2.05) is 0 Å². The Kier molecular flexibility index (Phi) is 1.75. The lowest BCUT2D eigenvalue weighted by atomic mass is 10.1. The lowest BCUT2D eigenvalue weighted by molar-refractivity contribution is -0.0498. The highest BCUT2D eigenvalue weighted by atomic mass is 19.3. The maximum Gasteiger partial charge on any atom is 0.266 e. The van der Waals surface area contributed by atoms with Gasteiger partial charge in [0, 0.05) is 13.0 Å². The standard InChI is InChI=1S/C6H8F2N2/c7-6(8)2-1-3-10(4-6)5-9/h1-4H2. The first-order valence-electron chi connectivity index (χ1n) is 3.16. The van der Waals surface area contributed by atoms with Crippen LogP contribution in [0.3, 0.4) is 0 Å². The molecule has 0 aliphatic carbocycles. The third-order valence-electron chi connectivity index (χ3n) is 1.53. The van der Waals surface area contributed by atoms with Crippen molar-refractivity contribution in [3.63, 3.8) is 0 Å². The summed E-state index contributed by atoms with van der Waals surface area (Å²) in [5.74, 6) is -2.64. The monoisotopic (exact) mass is 146 g/mol. The molecule has 0 saturated carbocycles. The Morgan fingerprint density at radius 2 is 2.20 bits per heavy atom. The van der Waals surface area contributed by atoms with Crippen LogP contribution in [0.15, 0.2) is 0 Å². The minimum atomic E-state index is -2.64. The summed E-state index contributed by atoms with van der Waals surface area (Å²) in [6.45, 7) is 0.0790. The highest BCUT2D eigenvalue weighted by Gasteiger charge is 2.34. The second kappa shape index (κ2) is 2.41. The van der Waals surface area contributed by atoms with Crippen molar-refractivity contribution in [2.75, 3.05) is 13.1 Å². The van der Waals surface area contributed by atoms with E-state index in [1.54, 1.807) is 6.19 Å². The molecule has 0 amide bonds. The van der Waals surface area contributed by atoms with Gasteiger partial charge in [0.2, 0.25) is 0 Å². The summed E-state index contributed by atoms with van der Waals surface area (Å²) in [6, 6.07) is 0. The molecular weight excluding hydrogens is 138 g/mol. The molecule has 0 unspecified atom stereocenters. The number of alkyl halides is 2. The number of likely N-dealkylation sites (tertiary alicyclic amines) is 1. The van der Waals surface area contributed by atoms with Crippen LogP contribution in [0.1, 0.15) is 12.8 Å². The Morgan fingerprint density at radius 3 is 2.60 bits per heavy atom. The van der Waals surface area contributed by atoms with Gasteiger partial charge in [-0.15, -0.1) is 0 Å². The van der Waals surface area contributed by atoms with Crippen molar-refractivity contribution < 1.29 is 8.78 Å². The van der Waals surface area contributed by atoms with Gasteiger partial charge >= 0.3 is 0 Å².